The van der Waals surface area contributed by atoms with E-state index in [0.717, 1.165) is 5.82 Å². The number of hydrogen-bond donors (Lipinski definition) is 0. The number of nitrogens with zero attached hydrogens (tertiary/aromatic N) is 2. The van der Waals surface area contributed by atoms with Gasteiger partial charge in [0.25, 0.3) is 0 Å². The molecule has 0 aliphatic carbocycles. The third kappa shape index (κ3) is 1.73. The first kappa shape index (κ1) is 11.2. The summed E-state index contributed by atoms with van der Waals surface area (Å²) in [5, 5.41) is 0. The summed E-state index contributed by atoms with van der Waals surface area (Å²) < 4.78 is 2.22. The van der Waals surface area contributed by atoms with Crippen molar-refractivity contribution in [3.05, 3.63) is 35.9 Å². The predicted molar refractivity (Wildman–Crippen MR) is 68.0 cm³/mol. The first-order chi connectivity index (χ1) is 7.41. The van der Waals surface area contributed by atoms with Crippen molar-refractivity contribution in [2.24, 2.45) is 0 Å². The molecular weight excluding hydrogens is 196 g/mol. The first-order valence-corrected chi connectivity index (χ1v) is 5.87. The Morgan fingerprint density at radius 3 is 2.50 bits per heavy atom. The molecular formula is C14H20N2. The van der Waals surface area contributed by atoms with Crippen LogP contribution in [0.4, 0.5) is 0 Å². The lowest BCUT2D eigenvalue weighted by atomic mass is 9.95. The first-order valence-electron chi connectivity index (χ1n) is 5.87. The molecule has 0 saturated carbocycles. The minimum atomic E-state index is 0.0853. The van der Waals surface area contributed by atoms with E-state index in [9.17, 15) is 0 Å². The molecule has 0 amide bonds. The quantitative estimate of drug-likeness (QED) is 0.709. The number of aromatic nitrogens is 2. The van der Waals surface area contributed by atoms with E-state index in [1.54, 1.807) is 0 Å². The van der Waals surface area contributed by atoms with E-state index in [4.69, 9.17) is 0 Å². The van der Waals surface area contributed by atoms with Crippen LogP contribution >= 0.6 is 0 Å². The highest BCUT2D eigenvalue weighted by Gasteiger charge is 2.20. The summed E-state index contributed by atoms with van der Waals surface area (Å²) in [6, 6.07) is 4.30. The highest BCUT2D eigenvalue weighted by Crippen LogP contribution is 2.26. The Balaban J connectivity index is 2.71. The molecule has 0 aliphatic rings. The van der Waals surface area contributed by atoms with Gasteiger partial charge in [0.1, 0.15) is 5.82 Å². The van der Waals surface area contributed by atoms with Crippen LogP contribution in [0.3, 0.4) is 0 Å². The minimum absolute atomic E-state index is 0.0853. The summed E-state index contributed by atoms with van der Waals surface area (Å²) in [5.41, 5.74) is 2.69. The Hall–Kier alpha value is -1.31. The summed E-state index contributed by atoms with van der Waals surface area (Å²) in [7, 11) is 0. The van der Waals surface area contributed by atoms with Crippen LogP contribution in [-0.4, -0.2) is 9.38 Å². The molecule has 0 saturated heterocycles. The number of imidazole rings is 1. The summed E-state index contributed by atoms with van der Waals surface area (Å²) in [6.45, 7) is 11.0. The van der Waals surface area contributed by atoms with Crippen molar-refractivity contribution in [3.63, 3.8) is 0 Å². The molecule has 16 heavy (non-hydrogen) atoms. The van der Waals surface area contributed by atoms with Crippen LogP contribution in [0.25, 0.3) is 5.52 Å². The lowest BCUT2D eigenvalue weighted by Crippen LogP contribution is -2.15. The van der Waals surface area contributed by atoms with Crippen molar-refractivity contribution in [1.29, 1.82) is 0 Å². The van der Waals surface area contributed by atoms with Crippen molar-refractivity contribution < 1.29 is 0 Å². The maximum atomic E-state index is 4.57. The lowest BCUT2D eigenvalue weighted by molar-refractivity contribution is 0.542. The Morgan fingerprint density at radius 2 is 1.94 bits per heavy atom. The third-order valence-corrected chi connectivity index (χ3v) is 2.90. The average molecular weight is 216 g/mol. The van der Waals surface area contributed by atoms with Gasteiger partial charge in [-0.1, -0.05) is 40.7 Å². The molecule has 2 heterocycles. The van der Waals surface area contributed by atoms with Gasteiger partial charge in [0.2, 0.25) is 0 Å². The van der Waals surface area contributed by atoms with Crippen LogP contribution in [-0.2, 0) is 5.41 Å². The molecule has 0 fully saturated rings. The van der Waals surface area contributed by atoms with Gasteiger partial charge >= 0.3 is 0 Å². The highest BCUT2D eigenvalue weighted by molar-refractivity contribution is 5.56. The molecule has 2 heteroatoms. The fourth-order valence-electron chi connectivity index (χ4n) is 2.09. The van der Waals surface area contributed by atoms with Crippen LogP contribution in [0.5, 0.6) is 0 Å². The lowest BCUT2D eigenvalue weighted by Gasteiger charge is -2.17. The SMILES string of the molecule is CC(C)c1cccn2c(C(C)(C)C)ncc12. The van der Waals surface area contributed by atoms with Gasteiger partial charge < -0.3 is 4.40 Å². The van der Waals surface area contributed by atoms with Crippen molar-refractivity contribution in [2.75, 3.05) is 0 Å². The van der Waals surface area contributed by atoms with Crippen molar-refractivity contribution in [1.82, 2.24) is 9.38 Å². The van der Waals surface area contributed by atoms with Gasteiger partial charge in [-0.25, -0.2) is 4.98 Å². The topological polar surface area (TPSA) is 17.3 Å². The second-order valence-corrected chi connectivity index (χ2v) is 5.71. The van der Waals surface area contributed by atoms with Crippen LogP contribution in [0.1, 0.15) is 51.9 Å². The summed E-state index contributed by atoms with van der Waals surface area (Å²) in [5.74, 6) is 1.67. The van der Waals surface area contributed by atoms with E-state index in [-0.39, 0.29) is 5.41 Å². The summed E-state index contributed by atoms with van der Waals surface area (Å²) >= 11 is 0. The van der Waals surface area contributed by atoms with Crippen molar-refractivity contribution in [2.45, 2.75) is 46.0 Å². The van der Waals surface area contributed by atoms with Gasteiger partial charge in [-0.3, -0.25) is 0 Å². The number of rotatable bonds is 1. The van der Waals surface area contributed by atoms with Gasteiger partial charge in [0.05, 0.1) is 11.7 Å². The summed E-state index contributed by atoms with van der Waals surface area (Å²) in [4.78, 5) is 4.57. The second-order valence-electron chi connectivity index (χ2n) is 5.71. The van der Waals surface area contributed by atoms with E-state index in [0.29, 0.717) is 5.92 Å². The Kier molecular flexibility index (Phi) is 2.53. The van der Waals surface area contributed by atoms with Gasteiger partial charge in [-0.2, -0.15) is 0 Å². The number of pyridine rings is 1. The zero-order valence-electron chi connectivity index (χ0n) is 10.8. The predicted octanol–water partition coefficient (Wildman–Crippen LogP) is 3.76. The maximum Gasteiger partial charge on any atom is 0.118 e. The molecule has 0 N–H and O–H groups in total. The Morgan fingerprint density at radius 1 is 1.25 bits per heavy atom. The molecule has 2 nitrogen and oxygen atoms in total. The minimum Gasteiger partial charge on any atom is -0.303 e. The molecule has 2 aromatic rings. The average Bonchev–Trinajstić information content (AvgIpc) is 2.59. The van der Waals surface area contributed by atoms with E-state index in [2.05, 4.69) is 62.3 Å². The van der Waals surface area contributed by atoms with Gasteiger partial charge in [-0.05, 0) is 17.5 Å². The number of hydrogen-bond acceptors (Lipinski definition) is 1. The Labute approximate surface area is 97.3 Å². The van der Waals surface area contributed by atoms with Crippen molar-refractivity contribution in [3.8, 4) is 0 Å². The molecule has 0 aliphatic heterocycles. The van der Waals surface area contributed by atoms with Crippen molar-refractivity contribution >= 4 is 5.52 Å². The fraction of sp³-hybridized carbons (Fsp3) is 0.500. The van der Waals surface area contributed by atoms with Gasteiger partial charge in [-0.15, -0.1) is 0 Å². The van der Waals surface area contributed by atoms with Gasteiger partial charge in [0.15, 0.2) is 0 Å². The monoisotopic (exact) mass is 216 g/mol. The number of fused-ring (bicyclic) bond motifs is 1. The molecule has 86 valence electrons. The molecule has 0 unspecified atom stereocenters. The highest BCUT2D eigenvalue weighted by atomic mass is 15.0. The van der Waals surface area contributed by atoms with E-state index < -0.39 is 0 Å². The molecule has 0 aromatic carbocycles. The summed E-state index contributed by atoms with van der Waals surface area (Å²) in [6.07, 6.45) is 4.10. The van der Waals surface area contributed by atoms with E-state index in [1.807, 2.05) is 6.20 Å². The zero-order chi connectivity index (χ0) is 11.9. The fourth-order valence-corrected chi connectivity index (χ4v) is 2.09. The second kappa shape index (κ2) is 3.62. The molecule has 0 atom stereocenters. The Bertz CT molecular complexity index is 501. The van der Waals surface area contributed by atoms with Crippen LogP contribution in [0.2, 0.25) is 0 Å². The molecule has 2 aromatic heterocycles. The van der Waals surface area contributed by atoms with Crippen LogP contribution < -0.4 is 0 Å². The zero-order valence-corrected chi connectivity index (χ0v) is 10.8. The van der Waals surface area contributed by atoms with E-state index in [1.165, 1.54) is 11.1 Å². The van der Waals surface area contributed by atoms with Crippen LogP contribution in [0.15, 0.2) is 24.5 Å². The van der Waals surface area contributed by atoms with Gasteiger partial charge in [0, 0.05) is 11.6 Å². The standard InChI is InChI=1S/C14H20N2/c1-10(2)11-7-6-8-16-12(11)9-15-13(16)14(3,4)5/h6-10H,1-5H3. The molecule has 0 spiro atoms. The molecule has 0 radical (unpaired) electrons. The van der Waals surface area contributed by atoms with E-state index >= 15 is 0 Å². The molecule has 0 bridgehead atoms. The normalized spacial score (nSPS) is 12.6. The maximum absolute atomic E-state index is 4.57. The van der Waals surface area contributed by atoms with Crippen LogP contribution in [0, 0.1) is 0 Å². The smallest absolute Gasteiger partial charge is 0.118 e. The molecule has 2 rings (SSSR count). The largest absolute Gasteiger partial charge is 0.303 e. The third-order valence-electron chi connectivity index (χ3n) is 2.90.